The van der Waals surface area contributed by atoms with Gasteiger partial charge in [-0.1, -0.05) is 26.0 Å². The van der Waals surface area contributed by atoms with Gasteiger partial charge < -0.3 is 9.47 Å². The van der Waals surface area contributed by atoms with E-state index in [4.69, 9.17) is 0 Å². The number of hydrogen-bond acceptors (Lipinski definition) is 3. The van der Waals surface area contributed by atoms with Crippen molar-refractivity contribution >= 4 is 5.69 Å². The van der Waals surface area contributed by atoms with Crippen LogP contribution in [-0.2, 0) is 20.0 Å². The second-order valence-corrected chi connectivity index (χ2v) is 6.29. The average molecular weight is 284 g/mol. The number of benzene rings is 1. The van der Waals surface area contributed by atoms with Crippen molar-refractivity contribution in [2.45, 2.75) is 46.1 Å². The molecule has 1 aliphatic heterocycles. The minimum atomic E-state index is 0.590. The van der Waals surface area contributed by atoms with Crippen LogP contribution >= 0.6 is 0 Å². The fraction of sp³-hybridized carbons (Fsp3) is 0.529. The van der Waals surface area contributed by atoms with Gasteiger partial charge in [0.25, 0.3) is 0 Å². The van der Waals surface area contributed by atoms with Crippen LogP contribution in [0.1, 0.15) is 49.0 Å². The number of aromatic nitrogens is 3. The summed E-state index contributed by atoms with van der Waals surface area (Å²) >= 11 is 0. The van der Waals surface area contributed by atoms with Gasteiger partial charge in [0, 0.05) is 19.3 Å². The molecule has 0 unspecified atom stereocenters. The Morgan fingerprint density at radius 2 is 2.05 bits per heavy atom. The third kappa shape index (κ3) is 2.67. The van der Waals surface area contributed by atoms with E-state index in [1.165, 1.54) is 29.7 Å². The Labute approximate surface area is 126 Å². The fourth-order valence-corrected chi connectivity index (χ4v) is 2.98. The van der Waals surface area contributed by atoms with Crippen LogP contribution in [0.4, 0.5) is 5.69 Å². The molecule has 0 N–H and O–H groups in total. The standard InChI is InChI=1S/C17H24N4/c1-12(2)14-7-8-16-15(10-14)6-5-9-21(16)11-17-19-18-13(3)20(17)4/h7-8,10,12H,5-6,9,11H2,1-4H3. The van der Waals surface area contributed by atoms with Gasteiger partial charge in [-0.15, -0.1) is 10.2 Å². The zero-order chi connectivity index (χ0) is 15.0. The average Bonchev–Trinajstić information content (AvgIpc) is 2.79. The van der Waals surface area contributed by atoms with Crippen molar-refractivity contribution in [3.05, 3.63) is 41.0 Å². The molecule has 1 aromatic heterocycles. The first kappa shape index (κ1) is 14.1. The Morgan fingerprint density at radius 1 is 1.24 bits per heavy atom. The van der Waals surface area contributed by atoms with E-state index in [1.54, 1.807) is 0 Å². The Hall–Kier alpha value is -1.84. The van der Waals surface area contributed by atoms with Gasteiger partial charge in [-0.3, -0.25) is 0 Å². The molecule has 0 aliphatic carbocycles. The summed E-state index contributed by atoms with van der Waals surface area (Å²) in [4.78, 5) is 2.44. The second-order valence-electron chi connectivity index (χ2n) is 6.29. The number of nitrogens with zero attached hydrogens (tertiary/aromatic N) is 4. The van der Waals surface area contributed by atoms with E-state index < -0.39 is 0 Å². The normalized spacial score (nSPS) is 14.6. The number of hydrogen-bond donors (Lipinski definition) is 0. The van der Waals surface area contributed by atoms with Crippen molar-refractivity contribution in [2.24, 2.45) is 7.05 Å². The SMILES string of the molecule is Cc1nnc(CN2CCCc3cc(C(C)C)ccc32)n1C. The van der Waals surface area contributed by atoms with Crippen molar-refractivity contribution in [1.82, 2.24) is 14.8 Å². The summed E-state index contributed by atoms with van der Waals surface area (Å²) in [6.07, 6.45) is 2.40. The first-order chi connectivity index (χ1) is 10.1. The number of rotatable bonds is 3. The molecule has 4 nitrogen and oxygen atoms in total. The smallest absolute Gasteiger partial charge is 0.152 e. The van der Waals surface area contributed by atoms with Gasteiger partial charge in [-0.25, -0.2) is 0 Å². The zero-order valence-corrected chi connectivity index (χ0v) is 13.4. The van der Waals surface area contributed by atoms with E-state index >= 15 is 0 Å². The van der Waals surface area contributed by atoms with Gasteiger partial charge in [0.05, 0.1) is 6.54 Å². The molecule has 3 rings (SSSR count). The predicted octanol–water partition coefficient (Wildman–Crippen LogP) is 3.20. The molecule has 0 fully saturated rings. The van der Waals surface area contributed by atoms with Gasteiger partial charge in [0.15, 0.2) is 5.82 Å². The summed E-state index contributed by atoms with van der Waals surface area (Å²) in [7, 11) is 2.04. The van der Waals surface area contributed by atoms with Crippen molar-refractivity contribution in [3.8, 4) is 0 Å². The first-order valence-corrected chi connectivity index (χ1v) is 7.79. The number of aryl methyl sites for hydroxylation is 2. The van der Waals surface area contributed by atoms with Gasteiger partial charge in [0.2, 0.25) is 0 Å². The Balaban J connectivity index is 1.88. The topological polar surface area (TPSA) is 34.0 Å². The van der Waals surface area contributed by atoms with E-state index in [-0.39, 0.29) is 0 Å². The maximum Gasteiger partial charge on any atom is 0.152 e. The number of anilines is 1. The molecule has 4 heteroatoms. The molecule has 112 valence electrons. The van der Waals surface area contributed by atoms with Crippen LogP contribution in [0.5, 0.6) is 0 Å². The Kier molecular flexibility index (Phi) is 3.70. The highest BCUT2D eigenvalue weighted by Crippen LogP contribution is 2.31. The monoisotopic (exact) mass is 284 g/mol. The van der Waals surface area contributed by atoms with Crippen LogP contribution in [-0.4, -0.2) is 21.3 Å². The van der Waals surface area contributed by atoms with Crippen LogP contribution < -0.4 is 4.90 Å². The maximum atomic E-state index is 4.30. The minimum absolute atomic E-state index is 0.590. The lowest BCUT2D eigenvalue weighted by atomic mass is 9.95. The molecule has 1 aromatic carbocycles. The number of fused-ring (bicyclic) bond motifs is 1. The predicted molar refractivity (Wildman–Crippen MR) is 85.6 cm³/mol. The molecular weight excluding hydrogens is 260 g/mol. The molecular formula is C17H24N4. The van der Waals surface area contributed by atoms with E-state index in [9.17, 15) is 0 Å². The summed E-state index contributed by atoms with van der Waals surface area (Å²) < 4.78 is 2.08. The van der Waals surface area contributed by atoms with Crippen LogP contribution in [0.15, 0.2) is 18.2 Å². The molecule has 0 bridgehead atoms. The van der Waals surface area contributed by atoms with E-state index in [2.05, 4.69) is 51.7 Å². The van der Waals surface area contributed by atoms with Crippen LogP contribution in [0.3, 0.4) is 0 Å². The summed E-state index contributed by atoms with van der Waals surface area (Å²) in [5.74, 6) is 2.60. The summed E-state index contributed by atoms with van der Waals surface area (Å²) in [5.41, 5.74) is 4.28. The molecule has 2 heterocycles. The van der Waals surface area contributed by atoms with Crippen LogP contribution in [0.25, 0.3) is 0 Å². The minimum Gasteiger partial charge on any atom is -0.364 e. The Bertz CT molecular complexity index is 642. The quantitative estimate of drug-likeness (QED) is 0.868. The molecule has 0 amide bonds. The maximum absolute atomic E-state index is 4.30. The lowest BCUT2D eigenvalue weighted by molar-refractivity contribution is 0.652. The molecule has 0 spiro atoms. The lowest BCUT2D eigenvalue weighted by Gasteiger charge is -2.31. The zero-order valence-electron chi connectivity index (χ0n) is 13.4. The molecule has 1 aliphatic rings. The van der Waals surface area contributed by atoms with Crippen molar-refractivity contribution < 1.29 is 0 Å². The van der Waals surface area contributed by atoms with E-state index in [1.807, 2.05) is 14.0 Å². The highest BCUT2D eigenvalue weighted by Gasteiger charge is 2.19. The summed E-state index contributed by atoms with van der Waals surface area (Å²) in [6, 6.07) is 6.94. The van der Waals surface area contributed by atoms with Gasteiger partial charge in [0.1, 0.15) is 5.82 Å². The molecule has 0 radical (unpaired) electrons. The van der Waals surface area contributed by atoms with Gasteiger partial charge in [-0.05, 0) is 42.9 Å². The van der Waals surface area contributed by atoms with Gasteiger partial charge in [-0.2, -0.15) is 0 Å². The van der Waals surface area contributed by atoms with Crippen molar-refractivity contribution in [1.29, 1.82) is 0 Å². The largest absolute Gasteiger partial charge is 0.364 e. The molecule has 21 heavy (non-hydrogen) atoms. The highest BCUT2D eigenvalue weighted by atomic mass is 15.3. The second kappa shape index (κ2) is 5.51. The lowest BCUT2D eigenvalue weighted by Crippen LogP contribution is -2.30. The molecule has 0 atom stereocenters. The Morgan fingerprint density at radius 3 is 2.71 bits per heavy atom. The highest BCUT2D eigenvalue weighted by molar-refractivity contribution is 5.57. The third-order valence-electron chi connectivity index (χ3n) is 4.50. The molecule has 0 saturated carbocycles. The fourth-order valence-electron chi connectivity index (χ4n) is 2.98. The first-order valence-electron chi connectivity index (χ1n) is 7.79. The van der Waals surface area contributed by atoms with E-state index in [0.717, 1.165) is 24.7 Å². The van der Waals surface area contributed by atoms with Crippen LogP contribution in [0, 0.1) is 6.92 Å². The van der Waals surface area contributed by atoms with Crippen molar-refractivity contribution in [3.63, 3.8) is 0 Å². The van der Waals surface area contributed by atoms with Gasteiger partial charge >= 0.3 is 0 Å². The van der Waals surface area contributed by atoms with Crippen molar-refractivity contribution in [2.75, 3.05) is 11.4 Å². The van der Waals surface area contributed by atoms with E-state index in [0.29, 0.717) is 5.92 Å². The molecule has 2 aromatic rings. The summed E-state index contributed by atoms with van der Waals surface area (Å²) in [5, 5.41) is 8.46. The summed E-state index contributed by atoms with van der Waals surface area (Å²) in [6.45, 7) is 8.44. The third-order valence-corrected chi connectivity index (χ3v) is 4.50. The molecule has 0 saturated heterocycles. The van der Waals surface area contributed by atoms with Crippen LogP contribution in [0.2, 0.25) is 0 Å².